The van der Waals surface area contributed by atoms with E-state index >= 15 is 0 Å². The summed E-state index contributed by atoms with van der Waals surface area (Å²) in [7, 11) is 5.24. The summed E-state index contributed by atoms with van der Waals surface area (Å²) in [6, 6.07) is 13.7. The summed E-state index contributed by atoms with van der Waals surface area (Å²) in [6.45, 7) is 0.441. The second-order valence-corrected chi connectivity index (χ2v) is 6.89. The van der Waals surface area contributed by atoms with Gasteiger partial charge in [-0.15, -0.1) is 0 Å². The highest BCUT2D eigenvalue weighted by Crippen LogP contribution is 2.27. The number of nitro groups is 1. The van der Waals surface area contributed by atoms with E-state index in [-0.39, 0.29) is 11.5 Å². The summed E-state index contributed by atoms with van der Waals surface area (Å²) < 4.78 is 6.83. The third-order valence-corrected chi connectivity index (χ3v) is 4.39. The molecule has 0 aliphatic heterocycles. The van der Waals surface area contributed by atoms with Crippen molar-refractivity contribution in [2.75, 3.05) is 21.2 Å². The van der Waals surface area contributed by atoms with E-state index in [9.17, 15) is 14.9 Å². The van der Waals surface area contributed by atoms with Crippen LogP contribution in [-0.2, 0) is 6.54 Å². The minimum absolute atomic E-state index is 0.0561. The highest BCUT2D eigenvalue weighted by Gasteiger charge is 2.18. The lowest BCUT2D eigenvalue weighted by atomic mass is 10.0. The lowest BCUT2D eigenvalue weighted by molar-refractivity contribution is -0.384. The van der Waals surface area contributed by atoms with Gasteiger partial charge in [0.15, 0.2) is 5.78 Å². The van der Waals surface area contributed by atoms with Crippen LogP contribution in [-0.4, -0.2) is 46.6 Å². The molecule has 0 radical (unpaired) electrons. The van der Waals surface area contributed by atoms with Gasteiger partial charge < -0.3 is 9.64 Å². The first-order valence-electron chi connectivity index (χ1n) is 9.21. The van der Waals surface area contributed by atoms with Crippen molar-refractivity contribution in [1.29, 1.82) is 0 Å². The fraction of sp³-hybridized carbons (Fsp3) is 0.182. The molecule has 3 aromatic rings. The van der Waals surface area contributed by atoms with Gasteiger partial charge in [0.25, 0.3) is 5.69 Å². The van der Waals surface area contributed by atoms with Crippen molar-refractivity contribution in [2.45, 2.75) is 6.54 Å². The topological polar surface area (TPSA) is 90.5 Å². The van der Waals surface area contributed by atoms with E-state index in [1.807, 2.05) is 38.4 Å². The molecule has 0 N–H and O–H groups in total. The van der Waals surface area contributed by atoms with E-state index in [2.05, 4.69) is 5.10 Å². The molecule has 8 nitrogen and oxygen atoms in total. The number of benzene rings is 2. The Morgan fingerprint density at radius 3 is 2.60 bits per heavy atom. The lowest BCUT2D eigenvalue weighted by Crippen LogP contribution is -2.03. The molecule has 0 atom stereocenters. The predicted octanol–water partition coefficient (Wildman–Crippen LogP) is 3.77. The van der Waals surface area contributed by atoms with Crippen molar-refractivity contribution < 1.29 is 14.5 Å². The van der Waals surface area contributed by atoms with Gasteiger partial charge in [-0.2, -0.15) is 5.10 Å². The number of carbonyl (C=O) groups is 1. The third kappa shape index (κ3) is 4.91. The zero-order valence-electron chi connectivity index (χ0n) is 17.0. The second-order valence-electron chi connectivity index (χ2n) is 6.89. The number of non-ortho nitro benzene ring substituents is 1. The molecule has 0 amide bonds. The Hall–Kier alpha value is -3.94. The van der Waals surface area contributed by atoms with E-state index in [1.165, 1.54) is 18.2 Å². The fourth-order valence-corrected chi connectivity index (χ4v) is 2.89. The number of methoxy groups -OCH3 is 1. The van der Waals surface area contributed by atoms with Gasteiger partial charge in [0.05, 0.1) is 24.1 Å². The van der Waals surface area contributed by atoms with Crippen LogP contribution in [0.5, 0.6) is 5.75 Å². The molecule has 0 unspecified atom stereocenters. The number of carbonyl (C=O) groups excluding carboxylic acids is 1. The number of aromatic nitrogens is 2. The van der Waals surface area contributed by atoms with Gasteiger partial charge in [-0.25, -0.2) is 0 Å². The smallest absolute Gasteiger partial charge is 0.270 e. The van der Waals surface area contributed by atoms with Gasteiger partial charge >= 0.3 is 0 Å². The van der Waals surface area contributed by atoms with Gasteiger partial charge in [0, 0.05) is 50.3 Å². The number of nitrogens with zero attached hydrogens (tertiary/aromatic N) is 4. The number of allylic oxidation sites excluding steroid dienone is 1. The predicted molar refractivity (Wildman–Crippen MR) is 114 cm³/mol. The Balaban J connectivity index is 2.01. The Labute approximate surface area is 174 Å². The molecule has 3 rings (SSSR count). The molecule has 0 aliphatic rings. The quantitative estimate of drug-likeness (QED) is 0.245. The van der Waals surface area contributed by atoms with Crippen molar-refractivity contribution in [2.24, 2.45) is 0 Å². The largest absolute Gasteiger partial charge is 0.497 e. The lowest BCUT2D eigenvalue weighted by Gasteiger charge is -2.04. The summed E-state index contributed by atoms with van der Waals surface area (Å²) >= 11 is 0. The summed E-state index contributed by atoms with van der Waals surface area (Å²) in [4.78, 5) is 25.2. The van der Waals surface area contributed by atoms with Crippen LogP contribution >= 0.6 is 0 Å². The van der Waals surface area contributed by atoms with Crippen LogP contribution in [0.1, 0.15) is 15.9 Å². The summed E-state index contributed by atoms with van der Waals surface area (Å²) in [6.07, 6.45) is 4.77. The van der Waals surface area contributed by atoms with Crippen LogP contribution in [0.3, 0.4) is 0 Å². The standard InChI is InChI=1S/C22H22N4O4/c1-24(2)12-11-21(27)20-15-25(14-16-7-9-19(30-3)10-8-16)23-22(20)17-5-4-6-18(13-17)26(28)29/h4-13,15H,14H2,1-3H3. The third-order valence-electron chi connectivity index (χ3n) is 4.39. The monoisotopic (exact) mass is 406 g/mol. The van der Waals surface area contributed by atoms with E-state index in [4.69, 9.17) is 4.74 Å². The Morgan fingerprint density at radius 1 is 1.23 bits per heavy atom. The van der Waals surface area contributed by atoms with Gasteiger partial charge in [0.1, 0.15) is 11.4 Å². The van der Waals surface area contributed by atoms with Crippen molar-refractivity contribution in [3.8, 4) is 17.0 Å². The normalized spacial score (nSPS) is 10.9. The van der Waals surface area contributed by atoms with Crippen LogP contribution in [0.25, 0.3) is 11.3 Å². The maximum atomic E-state index is 12.8. The summed E-state index contributed by atoms with van der Waals surface area (Å²) in [5, 5.41) is 15.7. The van der Waals surface area contributed by atoms with Crippen LogP contribution in [0.2, 0.25) is 0 Å². The summed E-state index contributed by atoms with van der Waals surface area (Å²) in [5.74, 6) is 0.521. The van der Waals surface area contributed by atoms with Crippen molar-refractivity contribution in [3.05, 3.63) is 88.2 Å². The van der Waals surface area contributed by atoms with Crippen LogP contribution in [0.15, 0.2) is 67.0 Å². The second kappa shape index (κ2) is 9.04. The van der Waals surface area contributed by atoms with Crippen LogP contribution < -0.4 is 4.74 Å². The van der Waals surface area contributed by atoms with E-state index in [1.54, 1.807) is 41.2 Å². The van der Waals surface area contributed by atoms with Gasteiger partial charge in [-0.05, 0) is 17.7 Å². The SMILES string of the molecule is COc1ccc(Cn2cc(C(=O)C=CN(C)C)c(-c3cccc([N+](=O)[O-])c3)n2)cc1. The number of ether oxygens (including phenoxy) is 1. The first-order chi connectivity index (χ1) is 14.4. The average Bonchev–Trinajstić information content (AvgIpc) is 3.16. The molecule has 0 saturated carbocycles. The molecular weight excluding hydrogens is 384 g/mol. The average molecular weight is 406 g/mol. The zero-order valence-corrected chi connectivity index (χ0v) is 17.0. The van der Waals surface area contributed by atoms with E-state index in [0.717, 1.165) is 11.3 Å². The minimum Gasteiger partial charge on any atom is -0.497 e. The Kier molecular flexibility index (Phi) is 6.26. The van der Waals surface area contributed by atoms with Gasteiger partial charge in [-0.1, -0.05) is 24.3 Å². The highest BCUT2D eigenvalue weighted by molar-refractivity contribution is 6.08. The molecule has 0 fully saturated rings. The first-order valence-corrected chi connectivity index (χ1v) is 9.21. The number of ketones is 1. The minimum atomic E-state index is -0.467. The molecule has 0 aliphatic carbocycles. The fourth-order valence-electron chi connectivity index (χ4n) is 2.89. The first kappa shape index (κ1) is 20.8. The molecule has 0 bridgehead atoms. The maximum Gasteiger partial charge on any atom is 0.270 e. The van der Waals surface area contributed by atoms with Crippen LogP contribution in [0, 0.1) is 10.1 Å². The van der Waals surface area contributed by atoms with Gasteiger partial charge in [-0.3, -0.25) is 19.6 Å². The number of hydrogen-bond donors (Lipinski definition) is 0. The highest BCUT2D eigenvalue weighted by atomic mass is 16.6. The van der Waals surface area contributed by atoms with Crippen molar-refractivity contribution in [3.63, 3.8) is 0 Å². The van der Waals surface area contributed by atoms with Crippen LogP contribution in [0.4, 0.5) is 5.69 Å². The molecule has 30 heavy (non-hydrogen) atoms. The molecule has 0 spiro atoms. The Bertz CT molecular complexity index is 1080. The molecule has 8 heteroatoms. The van der Waals surface area contributed by atoms with E-state index in [0.29, 0.717) is 23.4 Å². The summed E-state index contributed by atoms with van der Waals surface area (Å²) in [5.41, 5.74) is 2.22. The number of rotatable bonds is 8. The van der Waals surface area contributed by atoms with Gasteiger partial charge in [0.2, 0.25) is 0 Å². The molecule has 154 valence electrons. The van der Waals surface area contributed by atoms with Crippen molar-refractivity contribution >= 4 is 11.5 Å². The number of nitro benzene ring substituents is 1. The molecule has 1 aromatic heterocycles. The maximum absolute atomic E-state index is 12.8. The Morgan fingerprint density at radius 2 is 1.97 bits per heavy atom. The molecular formula is C22H22N4O4. The zero-order chi connectivity index (χ0) is 21.7. The van der Waals surface area contributed by atoms with Crippen molar-refractivity contribution in [1.82, 2.24) is 14.7 Å². The number of hydrogen-bond acceptors (Lipinski definition) is 6. The van der Waals surface area contributed by atoms with E-state index < -0.39 is 4.92 Å². The molecule has 0 saturated heterocycles. The molecule has 2 aromatic carbocycles. The molecule has 1 heterocycles.